The lowest BCUT2D eigenvalue weighted by molar-refractivity contribution is -0.671. The molecular weight excluding hydrogens is 424 g/mol. The molecule has 3 aromatic rings. The number of hydrogen-bond acceptors (Lipinski definition) is 5. The van der Waals surface area contributed by atoms with E-state index in [1.807, 2.05) is 36.4 Å². The third-order valence-electron chi connectivity index (χ3n) is 5.28. The normalized spacial score (nSPS) is 23.1. The molecule has 2 aliphatic heterocycles. The van der Waals surface area contributed by atoms with E-state index in [0.717, 1.165) is 28.2 Å². The number of hydrogen-bond donors (Lipinski definition) is 1. The van der Waals surface area contributed by atoms with E-state index in [9.17, 15) is 4.79 Å². The van der Waals surface area contributed by atoms with E-state index < -0.39 is 5.63 Å². The Hall–Kier alpha value is -2.71. The average Bonchev–Trinajstić information content (AvgIpc) is 3.35. The van der Waals surface area contributed by atoms with Gasteiger partial charge in [0, 0.05) is 23.2 Å². The number of aliphatic imine (C=N–C) groups is 1. The molecule has 0 radical (unpaired) electrons. The molecule has 0 aliphatic carbocycles. The number of nitrogens with one attached hydrogen (secondary N) is 1. The van der Waals surface area contributed by atoms with Crippen molar-refractivity contribution in [3.8, 4) is 11.4 Å². The van der Waals surface area contributed by atoms with Gasteiger partial charge < -0.3 is 4.74 Å². The van der Waals surface area contributed by atoms with Crippen molar-refractivity contribution in [3.63, 3.8) is 0 Å². The van der Waals surface area contributed by atoms with Gasteiger partial charge in [0.05, 0.1) is 25.7 Å². The zero-order valence-corrected chi connectivity index (χ0v) is 16.7. The van der Waals surface area contributed by atoms with Crippen molar-refractivity contribution in [2.24, 2.45) is 4.99 Å². The van der Waals surface area contributed by atoms with Gasteiger partial charge in [-0.25, -0.2) is 4.79 Å². The Morgan fingerprint density at radius 2 is 1.93 bits per heavy atom. The summed E-state index contributed by atoms with van der Waals surface area (Å²) < 4.78 is 13.0. The Balaban J connectivity index is 1.53. The zero-order chi connectivity index (χ0) is 19.3. The number of halogens is 1. The lowest BCUT2D eigenvalue weighted by Crippen LogP contribution is -2.44. The van der Waals surface area contributed by atoms with Gasteiger partial charge in [0.25, 0.3) is 0 Å². The molecule has 28 heavy (non-hydrogen) atoms. The first kappa shape index (κ1) is 17.4. The van der Waals surface area contributed by atoms with Crippen molar-refractivity contribution in [2.45, 2.75) is 12.1 Å². The van der Waals surface area contributed by atoms with Gasteiger partial charge in [-0.3, -0.25) is 14.4 Å². The Morgan fingerprint density at radius 1 is 1.18 bits per heavy atom. The molecule has 0 bridgehead atoms. The third-order valence-corrected chi connectivity index (χ3v) is 5.80. The minimum absolute atomic E-state index is 0.0816. The highest BCUT2D eigenvalue weighted by Crippen LogP contribution is 2.46. The summed E-state index contributed by atoms with van der Waals surface area (Å²) in [6, 6.07) is 16.0. The van der Waals surface area contributed by atoms with Crippen LogP contribution in [0.4, 0.5) is 0 Å². The van der Waals surface area contributed by atoms with E-state index in [0.29, 0.717) is 12.2 Å². The van der Waals surface area contributed by atoms with Crippen LogP contribution in [0, 0.1) is 0 Å². The molecule has 0 amide bonds. The van der Waals surface area contributed by atoms with Crippen molar-refractivity contribution >= 4 is 21.6 Å². The van der Waals surface area contributed by atoms with Crippen LogP contribution in [0.25, 0.3) is 5.69 Å². The standard InChI is InChI=1S/C20H17BrN4O3/c1-27-15-8-6-14(7-9-15)25-19(20(26)28-23-25)16-18-17(24(18)11-10-22-16)12-2-4-13(21)5-3-12/h2-9,17-18H,10-11H2,1H3/p+1. The summed E-state index contributed by atoms with van der Waals surface area (Å²) in [5.41, 5.74) is 2.79. The minimum Gasteiger partial charge on any atom is -0.497 e. The lowest BCUT2D eigenvalue weighted by atomic mass is 10.1. The second-order valence-corrected chi connectivity index (χ2v) is 7.72. The predicted octanol–water partition coefficient (Wildman–Crippen LogP) is 2.24. The number of aromatic amines is 1. The second kappa shape index (κ2) is 6.72. The summed E-state index contributed by atoms with van der Waals surface area (Å²) in [5, 5.41) is 2.71. The molecule has 8 heteroatoms. The summed E-state index contributed by atoms with van der Waals surface area (Å²) in [6.45, 7) is 1.54. The third kappa shape index (κ3) is 2.80. The van der Waals surface area contributed by atoms with Crippen LogP contribution in [0.1, 0.15) is 17.3 Å². The van der Waals surface area contributed by atoms with Gasteiger partial charge in [-0.2, -0.15) is 0 Å². The molecule has 1 aromatic heterocycles. The van der Waals surface area contributed by atoms with Crippen LogP contribution in [0.3, 0.4) is 0 Å². The highest BCUT2D eigenvalue weighted by molar-refractivity contribution is 9.10. The molecule has 2 aliphatic rings. The molecule has 3 atom stereocenters. The topological polar surface area (TPSA) is 74.5 Å². The Morgan fingerprint density at radius 3 is 2.64 bits per heavy atom. The monoisotopic (exact) mass is 441 g/mol. The zero-order valence-electron chi connectivity index (χ0n) is 15.1. The number of benzene rings is 2. The van der Waals surface area contributed by atoms with E-state index in [1.165, 1.54) is 5.56 Å². The number of H-pyrrole nitrogens is 1. The molecule has 1 N–H and O–H groups in total. The van der Waals surface area contributed by atoms with Gasteiger partial charge >= 0.3 is 11.3 Å². The summed E-state index contributed by atoms with van der Waals surface area (Å²) in [6.07, 6.45) is 0. The lowest BCUT2D eigenvalue weighted by Gasteiger charge is -2.07. The van der Waals surface area contributed by atoms with Crippen molar-refractivity contribution < 1.29 is 13.9 Å². The summed E-state index contributed by atoms with van der Waals surface area (Å²) in [7, 11) is 1.62. The fourth-order valence-corrected chi connectivity index (χ4v) is 4.16. The van der Waals surface area contributed by atoms with E-state index in [1.54, 1.807) is 11.8 Å². The first-order valence-electron chi connectivity index (χ1n) is 9.01. The maximum absolute atomic E-state index is 12.5. The SMILES string of the molecule is COc1ccc(-[n+]2[nH]oc(=O)c2C2=NCCN3C2C3c2ccc(Br)cc2)cc1. The van der Waals surface area contributed by atoms with Crippen LogP contribution in [0.2, 0.25) is 0 Å². The van der Waals surface area contributed by atoms with Gasteiger partial charge in [0.1, 0.15) is 11.5 Å². The first-order chi connectivity index (χ1) is 13.7. The number of aromatic nitrogens is 2. The molecule has 3 heterocycles. The summed E-state index contributed by atoms with van der Waals surface area (Å²) in [4.78, 5) is 19.6. The van der Waals surface area contributed by atoms with Crippen LogP contribution in [0.5, 0.6) is 5.75 Å². The highest BCUT2D eigenvalue weighted by Gasteiger charge is 2.56. The molecule has 3 unspecified atom stereocenters. The molecule has 142 valence electrons. The molecule has 7 nitrogen and oxygen atoms in total. The molecule has 1 saturated heterocycles. The Labute approximate surface area is 169 Å². The van der Waals surface area contributed by atoms with Crippen molar-refractivity contribution in [3.05, 3.63) is 74.7 Å². The summed E-state index contributed by atoms with van der Waals surface area (Å²) in [5.74, 6) is 0.746. The number of rotatable bonds is 4. The predicted molar refractivity (Wildman–Crippen MR) is 106 cm³/mol. The molecule has 5 rings (SSSR count). The van der Waals surface area contributed by atoms with Crippen LogP contribution < -0.4 is 15.0 Å². The largest absolute Gasteiger partial charge is 0.497 e. The molecule has 2 aromatic carbocycles. The van der Waals surface area contributed by atoms with Crippen molar-refractivity contribution in [1.29, 1.82) is 0 Å². The van der Waals surface area contributed by atoms with Crippen molar-refractivity contribution in [2.75, 3.05) is 20.2 Å². The van der Waals surface area contributed by atoms with Crippen LogP contribution in [-0.4, -0.2) is 42.1 Å². The number of nitrogens with zero attached hydrogens (tertiary/aromatic N) is 3. The fourth-order valence-electron chi connectivity index (χ4n) is 3.89. The van der Waals surface area contributed by atoms with E-state index >= 15 is 0 Å². The molecular formula is C20H18BrN4O3+. The van der Waals surface area contributed by atoms with Gasteiger partial charge in [0.2, 0.25) is 5.69 Å². The fraction of sp³-hybridized carbons (Fsp3) is 0.250. The molecule has 0 spiro atoms. The minimum atomic E-state index is -0.419. The maximum atomic E-state index is 12.5. The first-order valence-corrected chi connectivity index (χ1v) is 9.80. The van der Waals surface area contributed by atoms with Crippen molar-refractivity contribution in [1.82, 2.24) is 10.2 Å². The maximum Gasteiger partial charge on any atom is 0.437 e. The number of fused-ring (bicyclic) bond motifs is 1. The van der Waals surface area contributed by atoms with Gasteiger partial charge in [-0.15, -0.1) is 0 Å². The Kier molecular flexibility index (Phi) is 4.17. The van der Waals surface area contributed by atoms with Crippen LogP contribution in [-0.2, 0) is 0 Å². The number of methoxy groups -OCH3 is 1. The average molecular weight is 442 g/mol. The van der Waals surface area contributed by atoms with Crippen LogP contribution in [0.15, 0.2) is 67.3 Å². The van der Waals surface area contributed by atoms with Crippen LogP contribution >= 0.6 is 15.9 Å². The van der Waals surface area contributed by atoms with E-state index in [4.69, 9.17) is 14.3 Å². The quantitative estimate of drug-likeness (QED) is 0.497. The second-order valence-electron chi connectivity index (χ2n) is 6.81. The van der Waals surface area contributed by atoms with Gasteiger partial charge in [-0.1, -0.05) is 28.1 Å². The van der Waals surface area contributed by atoms with Gasteiger partial charge in [0.15, 0.2) is 0 Å². The van der Waals surface area contributed by atoms with E-state index in [2.05, 4.69) is 38.2 Å². The number of ether oxygens (including phenoxy) is 1. The van der Waals surface area contributed by atoms with E-state index in [-0.39, 0.29) is 12.1 Å². The molecule has 1 fully saturated rings. The molecule has 0 saturated carbocycles. The van der Waals surface area contributed by atoms with Gasteiger partial charge in [-0.05, 0) is 39.8 Å². The Bertz CT molecular complexity index is 1100. The summed E-state index contributed by atoms with van der Waals surface area (Å²) >= 11 is 3.48. The smallest absolute Gasteiger partial charge is 0.437 e. The highest BCUT2D eigenvalue weighted by atomic mass is 79.9.